The second-order valence-electron chi connectivity index (χ2n) is 15.3. The van der Waals surface area contributed by atoms with Crippen molar-refractivity contribution in [3.63, 3.8) is 0 Å². The van der Waals surface area contributed by atoms with E-state index in [0.717, 1.165) is 30.5 Å². The predicted octanol–water partition coefficient (Wildman–Crippen LogP) is 15.1. The molecule has 1 N–H and O–H groups in total. The van der Waals surface area contributed by atoms with Gasteiger partial charge in [-0.25, -0.2) is 4.79 Å². The molecule has 1 aromatic rings. The molecule has 0 aliphatic heterocycles. The fraction of sp³-hybridized carbons (Fsp3) is 0.750. The second-order valence-corrected chi connectivity index (χ2v) is 15.3. The zero-order valence-corrected chi connectivity index (χ0v) is 34.8. The highest BCUT2D eigenvalue weighted by atomic mass is 19.4. The first-order chi connectivity index (χ1) is 33.0. The van der Waals surface area contributed by atoms with Crippen LogP contribution in [-0.4, -0.2) is 137 Å². The molecule has 1 aromatic carbocycles. The maximum atomic E-state index is 14.6. The fourth-order valence-electron chi connectivity index (χ4n) is 5.46. The summed E-state index contributed by atoms with van der Waals surface area (Å²) in [6.07, 6.45) is -11.2. The highest BCUT2D eigenvalue weighted by molar-refractivity contribution is 6.00. The summed E-state index contributed by atoms with van der Waals surface area (Å²) in [5, 5.41) is 1.12. The van der Waals surface area contributed by atoms with Crippen molar-refractivity contribution < 1.29 is 190 Å². The summed E-state index contributed by atoms with van der Waals surface area (Å²) >= 11 is 0. The molecule has 0 aromatic heterocycles. The number of alkyl halides is 41. The summed E-state index contributed by atoms with van der Waals surface area (Å²) in [7, 11) is 0. The fourth-order valence-corrected chi connectivity index (χ4v) is 5.46. The standard InChI is InChI=1S/C32H13F41N2O2/c1-8-4-3-5-10(11(8)74-7-76)12(77)75-9(2)6-13(33,34)14(35,36)15(37,38)16(39,40)17(41,42)18(43,44)19(45,46)20(47,48)21(49,50)22(51,52)23(53,54)24(55,56)25(57,58)26(59,60)27(61,62)28(63,64)29(65,66)30(67,68)31(69,70)32(71,72)73/h3-5,9H,6H2,1-2H3,(H,75,77). The minimum absolute atomic E-state index is 0.0687. The molecule has 1 amide bonds. The maximum Gasteiger partial charge on any atom is 0.460 e. The number of para-hydroxylation sites is 1. The topological polar surface area (TPSA) is 58.5 Å². The lowest BCUT2D eigenvalue weighted by molar-refractivity contribution is -0.495. The van der Waals surface area contributed by atoms with Crippen LogP contribution in [0.4, 0.5) is 186 Å². The molecule has 0 saturated heterocycles. The number of carbonyl (C=O) groups is 1. The highest BCUT2D eigenvalue weighted by Crippen LogP contribution is 2.71. The first-order valence-electron chi connectivity index (χ1n) is 17.7. The predicted molar refractivity (Wildman–Crippen MR) is 161 cm³/mol. The van der Waals surface area contributed by atoms with Crippen molar-refractivity contribution >= 4 is 17.7 Å². The Labute approximate surface area is 392 Å². The molecule has 1 rings (SSSR count). The van der Waals surface area contributed by atoms with Crippen LogP contribution in [0.3, 0.4) is 0 Å². The third kappa shape index (κ3) is 8.86. The van der Waals surface area contributed by atoms with Crippen molar-refractivity contribution in [2.45, 2.75) is 145 Å². The number of aryl methyl sites for hydroxylation is 1. The van der Waals surface area contributed by atoms with E-state index in [1.165, 1.54) is 0 Å². The molecular formula is C32H13F41N2O2. The SMILES string of the molecule is Cc1cccc(C(=O)NC(C)CC(F)(F)C(F)(F)C(F)(F)C(F)(F)C(F)(F)C(F)(F)C(F)(F)C(F)(F)C(F)(F)C(F)(F)C(F)(F)C(F)(F)C(F)(F)C(F)(F)C(F)(F)C(F)(F)C(F)(F)C(F)(F)C(F)(F)C(F)(F)F)c1N=C=O. The largest absolute Gasteiger partial charge is 0.460 e. The number of isocyanates is 1. The molecule has 450 valence electrons. The highest BCUT2D eigenvalue weighted by Gasteiger charge is 3.03. The van der Waals surface area contributed by atoms with Crippen molar-refractivity contribution in [3.05, 3.63) is 29.3 Å². The molecule has 0 heterocycles. The van der Waals surface area contributed by atoms with Crippen LogP contribution in [0.1, 0.15) is 29.3 Å². The Morgan fingerprint density at radius 1 is 0.403 bits per heavy atom. The van der Waals surface area contributed by atoms with Crippen molar-refractivity contribution in [2.75, 3.05) is 0 Å². The summed E-state index contributed by atoms with van der Waals surface area (Å²) < 4.78 is 572. The average Bonchev–Trinajstić information content (AvgIpc) is 3.22. The number of carbonyl (C=O) groups excluding carboxylic acids is 2. The van der Waals surface area contributed by atoms with E-state index in [2.05, 4.69) is 4.99 Å². The van der Waals surface area contributed by atoms with E-state index in [-0.39, 0.29) is 12.5 Å². The molecule has 0 aliphatic rings. The third-order valence-corrected chi connectivity index (χ3v) is 10.1. The number of aliphatic imine (C=N–C) groups is 1. The molecule has 0 radical (unpaired) electrons. The number of benzene rings is 1. The molecular weight excluding hydrogens is 1220 g/mol. The smallest absolute Gasteiger partial charge is 0.349 e. The molecule has 77 heavy (non-hydrogen) atoms. The molecule has 0 saturated carbocycles. The summed E-state index contributed by atoms with van der Waals surface area (Å²) in [5.41, 5.74) is -2.01. The number of halogens is 41. The van der Waals surface area contributed by atoms with Gasteiger partial charge in [-0.05, 0) is 25.5 Å². The van der Waals surface area contributed by atoms with E-state index in [9.17, 15) is 190 Å². The van der Waals surface area contributed by atoms with Gasteiger partial charge < -0.3 is 5.32 Å². The maximum absolute atomic E-state index is 14.6. The Hall–Kier alpha value is -4.80. The van der Waals surface area contributed by atoms with Gasteiger partial charge >= 0.3 is 119 Å². The van der Waals surface area contributed by atoms with Crippen LogP contribution in [-0.2, 0) is 4.79 Å². The van der Waals surface area contributed by atoms with Crippen LogP contribution >= 0.6 is 0 Å². The van der Waals surface area contributed by atoms with Gasteiger partial charge in [0.25, 0.3) is 5.91 Å². The van der Waals surface area contributed by atoms with Crippen LogP contribution in [0.5, 0.6) is 0 Å². The number of nitrogens with zero attached hydrogens (tertiary/aromatic N) is 1. The van der Waals surface area contributed by atoms with Crippen molar-refractivity contribution in [3.8, 4) is 0 Å². The number of hydrogen-bond donors (Lipinski definition) is 1. The molecule has 0 spiro atoms. The summed E-state index contributed by atoms with van der Waals surface area (Å²) in [6.45, 7) is 0.933. The number of hydrogen-bond acceptors (Lipinski definition) is 3. The van der Waals surface area contributed by atoms with E-state index in [4.69, 9.17) is 0 Å². The Morgan fingerprint density at radius 3 is 0.844 bits per heavy atom. The van der Waals surface area contributed by atoms with Gasteiger partial charge in [0.15, 0.2) is 0 Å². The molecule has 0 bridgehead atoms. The third-order valence-electron chi connectivity index (χ3n) is 10.1. The van der Waals surface area contributed by atoms with E-state index >= 15 is 0 Å². The molecule has 0 aliphatic carbocycles. The molecule has 4 nitrogen and oxygen atoms in total. The lowest BCUT2D eigenvalue weighted by Gasteiger charge is -2.47. The van der Waals surface area contributed by atoms with Crippen LogP contribution < -0.4 is 5.32 Å². The van der Waals surface area contributed by atoms with Gasteiger partial charge in [0, 0.05) is 12.5 Å². The van der Waals surface area contributed by atoms with Gasteiger partial charge in [-0.1, -0.05) is 12.1 Å². The normalized spacial score (nSPS) is 16.6. The van der Waals surface area contributed by atoms with Crippen molar-refractivity contribution in [2.24, 2.45) is 4.99 Å². The van der Waals surface area contributed by atoms with Gasteiger partial charge in [-0.15, -0.1) is 0 Å². The number of rotatable bonds is 23. The van der Waals surface area contributed by atoms with Crippen LogP contribution in [0, 0.1) is 6.92 Å². The van der Waals surface area contributed by atoms with E-state index in [0.29, 0.717) is 6.07 Å². The lowest BCUT2D eigenvalue weighted by atomic mass is 9.81. The zero-order valence-electron chi connectivity index (χ0n) is 34.8. The molecule has 45 heteroatoms. The summed E-state index contributed by atoms with van der Waals surface area (Å²) in [4.78, 5) is 25.9. The monoisotopic (exact) mass is 1240 g/mol. The lowest BCUT2D eigenvalue weighted by Crippen LogP contribution is -2.80. The average molecular weight is 1240 g/mol. The van der Waals surface area contributed by atoms with Gasteiger partial charge in [0.1, 0.15) is 0 Å². The van der Waals surface area contributed by atoms with E-state index < -0.39 is 148 Å². The van der Waals surface area contributed by atoms with Gasteiger partial charge in [0.2, 0.25) is 6.08 Å². The first kappa shape index (κ1) is 70.2. The van der Waals surface area contributed by atoms with Crippen LogP contribution in [0.25, 0.3) is 0 Å². The Bertz CT molecular complexity index is 2390. The zero-order chi connectivity index (χ0) is 62.8. The minimum atomic E-state index is -10.7. The van der Waals surface area contributed by atoms with Gasteiger partial charge in [-0.2, -0.15) is 185 Å². The number of amides is 1. The van der Waals surface area contributed by atoms with Crippen molar-refractivity contribution in [1.29, 1.82) is 0 Å². The summed E-state index contributed by atoms with van der Waals surface area (Å²) in [5.74, 6) is -192. The Kier molecular flexibility index (Phi) is 17.0. The van der Waals surface area contributed by atoms with E-state index in [1.807, 2.05) is 0 Å². The van der Waals surface area contributed by atoms with Gasteiger partial charge in [-0.3, -0.25) is 4.79 Å². The second kappa shape index (κ2) is 18.6. The quantitative estimate of drug-likeness (QED) is 0.0674. The first-order valence-corrected chi connectivity index (χ1v) is 17.7. The molecule has 1 atom stereocenters. The number of nitrogens with one attached hydrogen (secondary N) is 1. The van der Waals surface area contributed by atoms with Crippen LogP contribution in [0.15, 0.2) is 23.2 Å². The Morgan fingerprint density at radius 2 is 0.623 bits per heavy atom. The molecule has 1 unspecified atom stereocenters. The van der Waals surface area contributed by atoms with Crippen LogP contribution in [0.2, 0.25) is 0 Å². The molecule has 0 fully saturated rings. The minimum Gasteiger partial charge on any atom is -0.349 e. The van der Waals surface area contributed by atoms with Crippen molar-refractivity contribution in [1.82, 2.24) is 5.32 Å². The Balaban J connectivity index is 4.03. The van der Waals surface area contributed by atoms with E-state index in [1.54, 1.807) is 0 Å². The summed E-state index contributed by atoms with van der Waals surface area (Å²) in [6, 6.07) is -0.616. The van der Waals surface area contributed by atoms with Gasteiger partial charge in [0.05, 0.1) is 11.3 Å².